The molecule has 0 atom stereocenters. The average molecular weight is 262 g/mol. The van der Waals surface area contributed by atoms with Crippen LogP contribution in [0, 0.1) is 0 Å². The van der Waals surface area contributed by atoms with Crippen LogP contribution in [0.4, 0.5) is 13.2 Å². The summed E-state index contributed by atoms with van der Waals surface area (Å²) in [6.07, 6.45) is -4.54. The highest BCUT2D eigenvalue weighted by Crippen LogP contribution is 2.31. The van der Waals surface area contributed by atoms with Crippen LogP contribution < -0.4 is 5.32 Å². The number of halogens is 3. The molecule has 1 amide bonds. The molecule has 1 aliphatic rings. The molecule has 0 aliphatic carbocycles. The van der Waals surface area contributed by atoms with E-state index >= 15 is 0 Å². The first-order valence-electron chi connectivity index (χ1n) is 5.41. The monoisotopic (exact) mass is 262 g/mol. The minimum absolute atomic E-state index is 0.125. The van der Waals surface area contributed by atoms with Gasteiger partial charge >= 0.3 is 6.18 Å². The second-order valence-electron chi connectivity index (χ2n) is 4.26. The van der Waals surface area contributed by atoms with E-state index in [4.69, 9.17) is 0 Å². The van der Waals surface area contributed by atoms with E-state index in [1.807, 2.05) is 0 Å². The smallest absolute Gasteiger partial charge is 0.343 e. The van der Waals surface area contributed by atoms with Gasteiger partial charge in [0, 0.05) is 33.7 Å². The van der Waals surface area contributed by atoms with Gasteiger partial charge in [-0.05, 0) is 0 Å². The number of amides is 1. The Hall–Kier alpha value is -1.57. The first kappa shape index (κ1) is 12.9. The summed E-state index contributed by atoms with van der Waals surface area (Å²) in [5, 5.41) is 2.94. The molecule has 0 unspecified atom stereocenters. The van der Waals surface area contributed by atoms with Gasteiger partial charge < -0.3 is 14.8 Å². The molecular weight excluding hydrogens is 249 g/mol. The highest BCUT2D eigenvalue weighted by Gasteiger charge is 2.40. The quantitative estimate of drug-likeness (QED) is 0.810. The van der Waals surface area contributed by atoms with Crippen LogP contribution in [-0.4, -0.2) is 41.0 Å². The van der Waals surface area contributed by atoms with Gasteiger partial charge in [0.1, 0.15) is 0 Å². The first-order valence-corrected chi connectivity index (χ1v) is 5.41. The van der Waals surface area contributed by atoms with Gasteiger partial charge in [0.25, 0.3) is 5.91 Å². The van der Waals surface area contributed by atoms with Crippen molar-refractivity contribution in [3.63, 3.8) is 0 Å². The molecule has 0 saturated carbocycles. The van der Waals surface area contributed by atoms with Gasteiger partial charge in [0.05, 0.1) is 5.69 Å². The minimum atomic E-state index is -4.54. The van der Waals surface area contributed by atoms with E-state index < -0.39 is 17.9 Å². The van der Waals surface area contributed by atoms with Gasteiger partial charge in [0.2, 0.25) is 5.82 Å². The lowest BCUT2D eigenvalue weighted by atomic mass is 10.2. The number of fused-ring (bicyclic) bond motifs is 1. The number of imidazole rings is 1. The van der Waals surface area contributed by atoms with Crippen molar-refractivity contribution >= 4 is 5.91 Å². The minimum Gasteiger partial charge on any atom is -0.343 e. The second-order valence-corrected chi connectivity index (χ2v) is 4.26. The van der Waals surface area contributed by atoms with Crippen LogP contribution >= 0.6 is 0 Å². The van der Waals surface area contributed by atoms with Crippen molar-refractivity contribution in [2.75, 3.05) is 20.6 Å². The molecule has 5 nitrogen and oxygen atoms in total. The Balaban J connectivity index is 2.55. The van der Waals surface area contributed by atoms with Crippen LogP contribution in [0.1, 0.15) is 22.0 Å². The fourth-order valence-electron chi connectivity index (χ4n) is 1.90. The molecule has 18 heavy (non-hydrogen) atoms. The molecule has 0 fully saturated rings. The van der Waals surface area contributed by atoms with Crippen molar-refractivity contribution in [3.8, 4) is 0 Å². The predicted molar refractivity (Wildman–Crippen MR) is 57.0 cm³/mol. The van der Waals surface area contributed by atoms with Crippen LogP contribution in [-0.2, 0) is 19.3 Å². The summed E-state index contributed by atoms with van der Waals surface area (Å²) in [4.78, 5) is 16.5. The molecule has 100 valence electrons. The normalized spacial score (nSPS) is 15.4. The van der Waals surface area contributed by atoms with Crippen LogP contribution in [0.3, 0.4) is 0 Å². The van der Waals surface area contributed by atoms with Gasteiger partial charge in [-0.2, -0.15) is 13.2 Å². The number of nitrogens with one attached hydrogen (secondary N) is 1. The van der Waals surface area contributed by atoms with Gasteiger partial charge in [-0.3, -0.25) is 4.79 Å². The summed E-state index contributed by atoms with van der Waals surface area (Å²) < 4.78 is 39.6. The highest BCUT2D eigenvalue weighted by atomic mass is 19.4. The lowest BCUT2D eigenvalue weighted by Crippen LogP contribution is -2.32. The van der Waals surface area contributed by atoms with Gasteiger partial charge in [-0.1, -0.05) is 0 Å². The molecular formula is C10H13F3N4O. The summed E-state index contributed by atoms with van der Waals surface area (Å²) in [5.41, 5.74) is 0.173. The molecule has 1 aromatic heterocycles. The number of alkyl halides is 3. The molecule has 1 aromatic rings. The van der Waals surface area contributed by atoms with Crippen LogP contribution in [0.5, 0.6) is 0 Å². The molecule has 0 saturated heterocycles. The third-order valence-corrected chi connectivity index (χ3v) is 2.74. The number of rotatable bonds is 1. The standard InChI is InChI=1S/C10H13F3N4O/c1-16(2)8(18)7-6-5-14-3-4-17(6)9(15-7)10(11,12)13/h14H,3-5H2,1-2H3. The maximum atomic E-state index is 12.8. The van der Waals surface area contributed by atoms with Crippen molar-refractivity contribution in [2.24, 2.45) is 0 Å². The van der Waals surface area contributed by atoms with Crippen molar-refractivity contribution in [1.82, 2.24) is 19.8 Å². The molecule has 0 aromatic carbocycles. The zero-order valence-electron chi connectivity index (χ0n) is 10.0. The van der Waals surface area contributed by atoms with E-state index in [2.05, 4.69) is 10.3 Å². The van der Waals surface area contributed by atoms with Crippen molar-refractivity contribution in [1.29, 1.82) is 0 Å². The third-order valence-electron chi connectivity index (χ3n) is 2.74. The SMILES string of the molecule is CN(C)C(=O)c1nc(C(F)(F)F)n2c1CNCC2. The topological polar surface area (TPSA) is 50.2 Å². The van der Waals surface area contributed by atoms with Gasteiger partial charge in [-0.15, -0.1) is 0 Å². The zero-order chi connectivity index (χ0) is 13.5. The Morgan fingerprint density at radius 2 is 2.11 bits per heavy atom. The Bertz CT molecular complexity index is 478. The molecule has 0 bridgehead atoms. The van der Waals surface area contributed by atoms with E-state index in [9.17, 15) is 18.0 Å². The summed E-state index contributed by atoms with van der Waals surface area (Å²) in [5.74, 6) is -1.51. The number of nitrogens with zero attached hydrogens (tertiary/aromatic N) is 3. The summed E-state index contributed by atoms with van der Waals surface area (Å²) in [7, 11) is 2.97. The average Bonchev–Trinajstić information content (AvgIpc) is 2.66. The molecule has 2 heterocycles. The van der Waals surface area contributed by atoms with Gasteiger partial charge in [-0.25, -0.2) is 4.98 Å². The second kappa shape index (κ2) is 4.27. The Labute approximate surface area is 102 Å². The summed E-state index contributed by atoms with van der Waals surface area (Å²) in [6, 6.07) is 0. The van der Waals surface area contributed by atoms with Crippen molar-refractivity contribution in [2.45, 2.75) is 19.3 Å². The Kier molecular flexibility index (Phi) is 3.05. The Morgan fingerprint density at radius 3 is 2.67 bits per heavy atom. The number of aromatic nitrogens is 2. The maximum Gasteiger partial charge on any atom is 0.449 e. The van der Waals surface area contributed by atoms with Crippen molar-refractivity contribution < 1.29 is 18.0 Å². The number of carbonyl (C=O) groups is 1. The van der Waals surface area contributed by atoms with Crippen LogP contribution in [0.25, 0.3) is 0 Å². The predicted octanol–water partition coefficient (Wildman–Crippen LogP) is 0.707. The van der Waals surface area contributed by atoms with Crippen LogP contribution in [0.15, 0.2) is 0 Å². The molecule has 8 heteroatoms. The number of hydrogen-bond acceptors (Lipinski definition) is 3. The molecule has 2 rings (SSSR count). The highest BCUT2D eigenvalue weighted by molar-refractivity contribution is 5.93. The zero-order valence-corrected chi connectivity index (χ0v) is 10.0. The van der Waals surface area contributed by atoms with E-state index in [1.165, 1.54) is 19.0 Å². The van der Waals surface area contributed by atoms with Gasteiger partial charge in [0.15, 0.2) is 5.69 Å². The van der Waals surface area contributed by atoms with E-state index in [0.29, 0.717) is 12.2 Å². The fraction of sp³-hybridized carbons (Fsp3) is 0.600. The largest absolute Gasteiger partial charge is 0.449 e. The number of carbonyl (C=O) groups excluding carboxylic acids is 1. The fourth-order valence-corrected chi connectivity index (χ4v) is 1.90. The van der Waals surface area contributed by atoms with Crippen molar-refractivity contribution in [3.05, 3.63) is 17.2 Å². The molecule has 0 radical (unpaired) electrons. The van der Waals surface area contributed by atoms with E-state index in [-0.39, 0.29) is 18.8 Å². The summed E-state index contributed by atoms with van der Waals surface area (Å²) >= 11 is 0. The Morgan fingerprint density at radius 1 is 1.44 bits per heavy atom. The third kappa shape index (κ3) is 2.07. The maximum absolute atomic E-state index is 12.8. The van der Waals surface area contributed by atoms with E-state index in [1.54, 1.807) is 0 Å². The number of hydrogen-bond donors (Lipinski definition) is 1. The first-order chi connectivity index (χ1) is 8.32. The lowest BCUT2D eigenvalue weighted by molar-refractivity contribution is -0.147. The molecule has 0 spiro atoms. The molecule has 1 aliphatic heterocycles. The van der Waals surface area contributed by atoms with E-state index in [0.717, 1.165) is 4.57 Å². The summed E-state index contributed by atoms with van der Waals surface area (Å²) in [6.45, 7) is 0.817. The van der Waals surface area contributed by atoms with Crippen LogP contribution in [0.2, 0.25) is 0 Å². The molecule has 1 N–H and O–H groups in total. The lowest BCUT2D eigenvalue weighted by Gasteiger charge is -2.19.